The average Bonchev–Trinajstić information content (AvgIpc) is 2.80. The maximum absolute atomic E-state index is 5.01. The van der Waals surface area contributed by atoms with Crippen LogP contribution >= 0.6 is 11.3 Å². The molecule has 1 unspecified atom stereocenters. The Labute approximate surface area is 127 Å². The van der Waals surface area contributed by atoms with Crippen molar-refractivity contribution in [2.24, 2.45) is 5.92 Å². The predicted molar refractivity (Wildman–Crippen MR) is 88.8 cm³/mol. The van der Waals surface area contributed by atoms with Gasteiger partial charge in [0.05, 0.1) is 11.7 Å². The molecule has 1 N–H and O–H groups in total. The minimum atomic E-state index is 0.474. The minimum absolute atomic E-state index is 0.474. The van der Waals surface area contributed by atoms with Crippen molar-refractivity contribution in [3.8, 4) is 0 Å². The third-order valence-corrected chi connectivity index (χ3v) is 4.99. The number of nitrogens with one attached hydrogen (secondary N) is 1. The monoisotopic (exact) mass is 295 g/mol. The third kappa shape index (κ3) is 3.53. The van der Waals surface area contributed by atoms with E-state index in [4.69, 9.17) is 4.98 Å². The number of thiazole rings is 1. The van der Waals surface area contributed by atoms with Gasteiger partial charge in [0.15, 0.2) is 5.13 Å². The van der Waals surface area contributed by atoms with E-state index in [1.165, 1.54) is 35.0 Å². The highest BCUT2D eigenvalue weighted by Gasteiger charge is 2.26. The van der Waals surface area contributed by atoms with Crippen LogP contribution in [-0.4, -0.2) is 24.1 Å². The summed E-state index contributed by atoms with van der Waals surface area (Å²) in [6.45, 7) is 13.4. The SMILES string of the molecule is CCNC1CCCc2sc(N(CC(C)C)C(C)C)nc21. The van der Waals surface area contributed by atoms with Crippen LogP contribution in [-0.2, 0) is 6.42 Å². The molecule has 1 aliphatic rings. The van der Waals surface area contributed by atoms with Crippen molar-refractivity contribution in [2.45, 2.75) is 66.0 Å². The van der Waals surface area contributed by atoms with Crippen LogP contribution in [0.2, 0.25) is 0 Å². The summed E-state index contributed by atoms with van der Waals surface area (Å²) in [4.78, 5) is 8.98. The van der Waals surface area contributed by atoms with Crippen molar-refractivity contribution >= 4 is 16.5 Å². The first kappa shape index (κ1) is 15.8. The molecule has 0 fully saturated rings. The number of aryl methyl sites for hydroxylation is 1. The Morgan fingerprint density at radius 1 is 1.35 bits per heavy atom. The summed E-state index contributed by atoms with van der Waals surface area (Å²) in [5.74, 6) is 0.669. The summed E-state index contributed by atoms with van der Waals surface area (Å²) in [6, 6.07) is 0.990. The van der Waals surface area contributed by atoms with Crippen LogP contribution in [0.4, 0.5) is 5.13 Å². The summed E-state index contributed by atoms with van der Waals surface area (Å²) in [7, 11) is 0. The molecule has 2 rings (SSSR count). The van der Waals surface area contributed by atoms with E-state index >= 15 is 0 Å². The van der Waals surface area contributed by atoms with Crippen LogP contribution in [0.15, 0.2) is 0 Å². The minimum Gasteiger partial charge on any atom is -0.345 e. The predicted octanol–water partition coefficient (Wildman–Crippen LogP) is 4.00. The van der Waals surface area contributed by atoms with Gasteiger partial charge in [-0.15, -0.1) is 11.3 Å². The van der Waals surface area contributed by atoms with Gasteiger partial charge >= 0.3 is 0 Å². The number of fused-ring (bicyclic) bond motifs is 1. The van der Waals surface area contributed by atoms with E-state index in [0.29, 0.717) is 18.0 Å². The van der Waals surface area contributed by atoms with Gasteiger partial charge in [-0.2, -0.15) is 0 Å². The normalized spacial score (nSPS) is 18.6. The van der Waals surface area contributed by atoms with Gasteiger partial charge in [0.1, 0.15) is 0 Å². The van der Waals surface area contributed by atoms with Gasteiger partial charge in [-0.1, -0.05) is 20.8 Å². The molecule has 0 amide bonds. The second-order valence-corrected chi connectivity index (χ2v) is 7.51. The second kappa shape index (κ2) is 6.90. The van der Waals surface area contributed by atoms with Crippen LogP contribution < -0.4 is 10.2 Å². The zero-order valence-corrected chi connectivity index (χ0v) is 14.4. The van der Waals surface area contributed by atoms with E-state index < -0.39 is 0 Å². The van der Waals surface area contributed by atoms with Crippen molar-refractivity contribution < 1.29 is 0 Å². The molecule has 1 atom stereocenters. The van der Waals surface area contributed by atoms with E-state index in [2.05, 4.69) is 44.8 Å². The molecule has 1 heterocycles. The van der Waals surface area contributed by atoms with Crippen molar-refractivity contribution in [1.82, 2.24) is 10.3 Å². The molecular weight excluding hydrogens is 266 g/mol. The standard InChI is InChI=1S/C16H29N3S/c1-6-17-13-8-7-9-14-15(13)18-16(20-14)19(12(4)5)10-11(2)3/h11-13,17H,6-10H2,1-5H3. The van der Waals surface area contributed by atoms with Gasteiger partial charge in [-0.05, 0) is 45.6 Å². The third-order valence-electron chi connectivity index (χ3n) is 3.82. The number of hydrogen-bond acceptors (Lipinski definition) is 4. The van der Waals surface area contributed by atoms with Crippen LogP contribution in [0.1, 0.15) is 64.1 Å². The van der Waals surface area contributed by atoms with Crippen LogP contribution in [0.3, 0.4) is 0 Å². The van der Waals surface area contributed by atoms with Crippen molar-refractivity contribution in [1.29, 1.82) is 0 Å². The van der Waals surface area contributed by atoms with Crippen molar-refractivity contribution in [3.63, 3.8) is 0 Å². The van der Waals surface area contributed by atoms with E-state index in [1.54, 1.807) is 0 Å². The molecule has 20 heavy (non-hydrogen) atoms. The molecule has 1 aromatic heterocycles. The summed E-state index contributed by atoms with van der Waals surface area (Å²) in [5, 5.41) is 4.81. The first-order valence-electron chi connectivity index (χ1n) is 8.02. The quantitative estimate of drug-likeness (QED) is 0.860. The van der Waals surface area contributed by atoms with Gasteiger partial charge in [0.25, 0.3) is 0 Å². The molecule has 4 heteroatoms. The fourth-order valence-electron chi connectivity index (χ4n) is 2.88. The molecule has 1 aromatic rings. The highest BCUT2D eigenvalue weighted by molar-refractivity contribution is 7.15. The number of aromatic nitrogens is 1. The summed E-state index contributed by atoms with van der Waals surface area (Å²) in [6.07, 6.45) is 3.73. The van der Waals surface area contributed by atoms with Gasteiger partial charge in [0.2, 0.25) is 0 Å². The summed E-state index contributed by atoms with van der Waals surface area (Å²) >= 11 is 1.92. The molecule has 0 saturated heterocycles. The molecule has 0 bridgehead atoms. The fourth-order valence-corrected chi connectivity index (χ4v) is 4.18. The lowest BCUT2D eigenvalue weighted by atomic mass is 9.98. The molecule has 0 saturated carbocycles. The highest BCUT2D eigenvalue weighted by atomic mass is 32.1. The van der Waals surface area contributed by atoms with Crippen LogP contribution in [0.25, 0.3) is 0 Å². The zero-order valence-electron chi connectivity index (χ0n) is 13.6. The smallest absolute Gasteiger partial charge is 0.186 e. The van der Waals surface area contributed by atoms with Crippen molar-refractivity contribution in [3.05, 3.63) is 10.6 Å². The maximum atomic E-state index is 5.01. The zero-order chi connectivity index (χ0) is 14.7. The lowest BCUT2D eigenvalue weighted by molar-refractivity contribution is 0.464. The largest absolute Gasteiger partial charge is 0.345 e. The van der Waals surface area contributed by atoms with E-state index in [0.717, 1.165) is 13.1 Å². The van der Waals surface area contributed by atoms with Crippen LogP contribution in [0.5, 0.6) is 0 Å². The molecule has 3 nitrogen and oxygen atoms in total. The van der Waals surface area contributed by atoms with E-state index in [-0.39, 0.29) is 0 Å². The topological polar surface area (TPSA) is 28.2 Å². The lowest BCUT2D eigenvalue weighted by Crippen LogP contribution is -2.34. The number of rotatable bonds is 6. The van der Waals surface area contributed by atoms with E-state index in [9.17, 15) is 0 Å². The Morgan fingerprint density at radius 2 is 2.10 bits per heavy atom. The fraction of sp³-hybridized carbons (Fsp3) is 0.812. The molecule has 0 aliphatic heterocycles. The number of nitrogens with zero attached hydrogens (tertiary/aromatic N) is 2. The second-order valence-electron chi connectivity index (χ2n) is 6.45. The summed E-state index contributed by atoms with van der Waals surface area (Å²) < 4.78 is 0. The Balaban J connectivity index is 2.24. The lowest BCUT2D eigenvalue weighted by Gasteiger charge is -2.28. The molecule has 0 radical (unpaired) electrons. The summed E-state index contributed by atoms with van der Waals surface area (Å²) in [5.41, 5.74) is 1.33. The van der Waals surface area contributed by atoms with Gasteiger partial charge in [-0.25, -0.2) is 4.98 Å². The Kier molecular flexibility index (Phi) is 5.44. The Morgan fingerprint density at radius 3 is 2.70 bits per heavy atom. The average molecular weight is 295 g/mol. The van der Waals surface area contributed by atoms with Gasteiger partial charge in [0, 0.05) is 17.5 Å². The van der Waals surface area contributed by atoms with E-state index in [1.807, 2.05) is 11.3 Å². The van der Waals surface area contributed by atoms with Gasteiger partial charge in [-0.3, -0.25) is 0 Å². The Hall–Kier alpha value is -0.610. The van der Waals surface area contributed by atoms with Gasteiger partial charge < -0.3 is 10.2 Å². The number of hydrogen-bond donors (Lipinski definition) is 1. The molecular formula is C16H29N3S. The molecule has 0 spiro atoms. The van der Waals surface area contributed by atoms with Crippen molar-refractivity contribution in [2.75, 3.05) is 18.0 Å². The first-order valence-corrected chi connectivity index (χ1v) is 8.84. The molecule has 114 valence electrons. The number of anilines is 1. The highest BCUT2D eigenvalue weighted by Crippen LogP contribution is 2.37. The first-order chi connectivity index (χ1) is 9.52. The molecule has 1 aliphatic carbocycles. The Bertz CT molecular complexity index is 425. The maximum Gasteiger partial charge on any atom is 0.186 e. The molecule has 0 aromatic carbocycles. The van der Waals surface area contributed by atoms with Crippen LogP contribution in [0, 0.1) is 5.92 Å².